The number of anilines is 1. The van der Waals surface area contributed by atoms with Crippen LogP contribution in [0.25, 0.3) is 11.2 Å². The summed E-state index contributed by atoms with van der Waals surface area (Å²) in [6.07, 6.45) is 9.28. The van der Waals surface area contributed by atoms with E-state index in [1.54, 1.807) is 0 Å². The van der Waals surface area contributed by atoms with E-state index >= 15 is 0 Å². The average molecular weight is 418 g/mol. The highest BCUT2D eigenvalue weighted by Gasteiger charge is 2.32. The largest absolute Gasteiger partial charge is 0.365 e. The first-order valence-corrected chi connectivity index (χ1v) is 11.7. The number of aldehydes is 1. The lowest BCUT2D eigenvalue weighted by molar-refractivity contribution is 0.111. The van der Waals surface area contributed by atoms with Gasteiger partial charge in [-0.25, -0.2) is 15.0 Å². The third-order valence-electron chi connectivity index (χ3n) is 7.43. The van der Waals surface area contributed by atoms with Gasteiger partial charge in [-0.3, -0.25) is 4.79 Å². The van der Waals surface area contributed by atoms with Gasteiger partial charge in [0.2, 0.25) is 0 Å². The first kappa shape index (κ1) is 20.2. The lowest BCUT2D eigenvalue weighted by Gasteiger charge is -2.32. The maximum Gasteiger partial charge on any atom is 0.196 e. The van der Waals surface area contributed by atoms with Crippen molar-refractivity contribution in [3.05, 3.63) is 47.5 Å². The highest BCUT2D eigenvalue weighted by atomic mass is 16.1. The number of fused-ring (bicyclic) bond motifs is 1. The number of hydrogen-bond acceptors (Lipinski definition) is 5. The molecule has 1 aromatic carbocycles. The summed E-state index contributed by atoms with van der Waals surface area (Å²) in [6, 6.07) is 11.1. The van der Waals surface area contributed by atoms with Crippen LogP contribution in [0.1, 0.15) is 85.7 Å². The van der Waals surface area contributed by atoms with Crippen molar-refractivity contribution >= 4 is 23.3 Å². The average Bonchev–Trinajstić information content (AvgIpc) is 3.09. The fraction of sp³-hybridized carbons (Fsp3) is 0.520. The predicted octanol–water partition coefficient (Wildman–Crippen LogP) is 5.22. The van der Waals surface area contributed by atoms with E-state index in [9.17, 15) is 4.79 Å². The Morgan fingerprint density at radius 3 is 2.42 bits per heavy atom. The predicted molar refractivity (Wildman–Crippen MR) is 123 cm³/mol. The summed E-state index contributed by atoms with van der Waals surface area (Å²) >= 11 is 0. The molecule has 5 rings (SSSR count). The number of carbonyl (C=O) groups excluding carboxylic acids is 1. The standard InChI is InChI=1S/C25H31N5O/c1-16(17-11-8-12-17)26-23-22-24(28-21(15-31)27-23)29-25(30(22)2)20-14-7-6-13-19(20)18-9-4-3-5-10-18/h3-5,9-10,15-17,19-20H,6-8,11-14H2,1-2H3,(H,26,27,28). The molecule has 2 aliphatic carbocycles. The first-order chi connectivity index (χ1) is 15.2. The van der Waals surface area contributed by atoms with Crippen molar-refractivity contribution < 1.29 is 4.79 Å². The third kappa shape index (κ3) is 3.73. The zero-order valence-corrected chi connectivity index (χ0v) is 18.4. The molecule has 2 aromatic heterocycles. The van der Waals surface area contributed by atoms with E-state index in [1.165, 1.54) is 44.1 Å². The summed E-state index contributed by atoms with van der Waals surface area (Å²) in [7, 11) is 2.07. The molecule has 0 spiro atoms. The molecule has 0 bridgehead atoms. The van der Waals surface area contributed by atoms with Crippen LogP contribution in [0.4, 0.5) is 5.82 Å². The molecule has 0 radical (unpaired) electrons. The van der Waals surface area contributed by atoms with Crippen LogP contribution in [0.15, 0.2) is 30.3 Å². The monoisotopic (exact) mass is 417 g/mol. The van der Waals surface area contributed by atoms with E-state index in [0.717, 1.165) is 29.9 Å². The number of nitrogens with zero attached hydrogens (tertiary/aromatic N) is 4. The van der Waals surface area contributed by atoms with Crippen molar-refractivity contribution in [2.75, 3.05) is 5.32 Å². The normalized spacial score (nSPS) is 22.8. The number of aryl methyl sites for hydroxylation is 1. The number of hydrogen-bond donors (Lipinski definition) is 1. The molecule has 0 saturated heterocycles. The van der Waals surface area contributed by atoms with Crippen LogP contribution in [0.3, 0.4) is 0 Å². The topological polar surface area (TPSA) is 72.7 Å². The Hall–Kier alpha value is -2.76. The second-order valence-electron chi connectivity index (χ2n) is 9.28. The van der Waals surface area contributed by atoms with Gasteiger partial charge in [0.1, 0.15) is 11.3 Å². The van der Waals surface area contributed by atoms with Gasteiger partial charge < -0.3 is 9.88 Å². The summed E-state index contributed by atoms with van der Waals surface area (Å²) in [4.78, 5) is 25.5. The lowest BCUT2D eigenvalue weighted by Crippen LogP contribution is -2.31. The van der Waals surface area contributed by atoms with Crippen LogP contribution in [0, 0.1) is 5.92 Å². The first-order valence-electron chi connectivity index (χ1n) is 11.7. The van der Waals surface area contributed by atoms with E-state index in [4.69, 9.17) is 4.98 Å². The maximum absolute atomic E-state index is 11.5. The zero-order valence-electron chi connectivity index (χ0n) is 18.4. The van der Waals surface area contributed by atoms with E-state index in [2.05, 4.69) is 64.2 Å². The number of carbonyl (C=O) groups is 1. The van der Waals surface area contributed by atoms with Gasteiger partial charge in [-0.05, 0) is 50.0 Å². The van der Waals surface area contributed by atoms with Gasteiger partial charge in [0.15, 0.2) is 23.6 Å². The van der Waals surface area contributed by atoms with Crippen LogP contribution in [-0.4, -0.2) is 31.8 Å². The number of imidazole rings is 1. The van der Waals surface area contributed by atoms with Crippen molar-refractivity contribution in [3.8, 4) is 0 Å². The van der Waals surface area contributed by atoms with Crippen LogP contribution in [0.5, 0.6) is 0 Å². The fourth-order valence-corrected chi connectivity index (χ4v) is 5.44. The molecule has 2 aliphatic rings. The minimum atomic E-state index is 0.198. The summed E-state index contributed by atoms with van der Waals surface area (Å²) in [5.74, 6) is 3.45. The Balaban J connectivity index is 1.56. The van der Waals surface area contributed by atoms with Gasteiger partial charge >= 0.3 is 0 Å². The molecule has 31 heavy (non-hydrogen) atoms. The third-order valence-corrected chi connectivity index (χ3v) is 7.43. The molecule has 0 amide bonds. The Kier molecular flexibility index (Phi) is 5.47. The molecule has 3 aromatic rings. The molecular formula is C25H31N5O. The highest BCUT2D eigenvalue weighted by molar-refractivity contribution is 5.87. The summed E-state index contributed by atoms with van der Waals surface area (Å²) in [6.45, 7) is 2.21. The lowest BCUT2D eigenvalue weighted by atomic mass is 9.75. The number of benzene rings is 1. The smallest absolute Gasteiger partial charge is 0.196 e. The molecule has 162 valence electrons. The Bertz CT molecular complexity index is 1070. The van der Waals surface area contributed by atoms with Gasteiger partial charge in [-0.1, -0.05) is 49.6 Å². The minimum Gasteiger partial charge on any atom is -0.365 e. The van der Waals surface area contributed by atoms with Gasteiger partial charge in [0.25, 0.3) is 0 Å². The molecular weight excluding hydrogens is 386 g/mol. The van der Waals surface area contributed by atoms with Crippen molar-refractivity contribution in [2.24, 2.45) is 13.0 Å². The van der Waals surface area contributed by atoms with Gasteiger partial charge in [-0.15, -0.1) is 0 Å². The SMILES string of the molecule is CC(Nc1nc(C=O)nc2nc(C3CCCCC3c3ccccc3)n(C)c12)C1CCC1. The van der Waals surface area contributed by atoms with E-state index in [1.807, 2.05) is 0 Å². The van der Waals surface area contributed by atoms with Crippen molar-refractivity contribution in [3.63, 3.8) is 0 Å². The number of nitrogens with one attached hydrogen (secondary N) is 1. The second kappa shape index (κ2) is 8.40. The van der Waals surface area contributed by atoms with Crippen LogP contribution in [0.2, 0.25) is 0 Å². The number of aromatic nitrogens is 4. The zero-order chi connectivity index (χ0) is 21.4. The molecule has 0 aliphatic heterocycles. The molecule has 2 saturated carbocycles. The number of rotatable bonds is 6. The molecule has 3 unspecified atom stereocenters. The fourth-order valence-electron chi connectivity index (χ4n) is 5.44. The summed E-state index contributed by atoms with van der Waals surface area (Å²) < 4.78 is 2.17. The Morgan fingerprint density at radius 1 is 1.00 bits per heavy atom. The molecule has 3 atom stereocenters. The maximum atomic E-state index is 11.5. The Labute approximate surface area is 183 Å². The van der Waals surface area contributed by atoms with Crippen LogP contribution < -0.4 is 5.32 Å². The molecule has 1 N–H and O–H groups in total. The molecule has 6 heteroatoms. The Morgan fingerprint density at radius 2 is 1.74 bits per heavy atom. The van der Waals surface area contributed by atoms with Crippen LogP contribution >= 0.6 is 0 Å². The quantitative estimate of drug-likeness (QED) is 0.557. The molecule has 6 nitrogen and oxygen atoms in total. The summed E-state index contributed by atoms with van der Waals surface area (Å²) in [5.41, 5.74) is 2.91. The minimum absolute atomic E-state index is 0.198. The van der Waals surface area contributed by atoms with E-state index < -0.39 is 0 Å². The van der Waals surface area contributed by atoms with Gasteiger partial charge in [0.05, 0.1) is 0 Å². The van der Waals surface area contributed by atoms with Crippen LogP contribution in [-0.2, 0) is 7.05 Å². The molecule has 2 fully saturated rings. The van der Waals surface area contributed by atoms with Crippen molar-refractivity contribution in [1.82, 2.24) is 19.5 Å². The highest BCUT2D eigenvalue weighted by Crippen LogP contribution is 2.44. The van der Waals surface area contributed by atoms with Gasteiger partial charge in [-0.2, -0.15) is 0 Å². The van der Waals surface area contributed by atoms with Crippen molar-refractivity contribution in [2.45, 2.75) is 69.7 Å². The van der Waals surface area contributed by atoms with Gasteiger partial charge in [0, 0.05) is 19.0 Å². The second-order valence-corrected chi connectivity index (χ2v) is 9.28. The van der Waals surface area contributed by atoms with E-state index in [-0.39, 0.29) is 5.82 Å². The van der Waals surface area contributed by atoms with E-state index in [0.29, 0.717) is 29.4 Å². The molecule has 2 heterocycles. The summed E-state index contributed by atoms with van der Waals surface area (Å²) in [5, 5.41) is 3.59. The van der Waals surface area contributed by atoms with Crippen molar-refractivity contribution in [1.29, 1.82) is 0 Å².